The zero-order valence-corrected chi connectivity index (χ0v) is 12.9. The lowest BCUT2D eigenvalue weighted by Gasteiger charge is -2.19. The fraction of sp³-hybridized carbons (Fsp3) is 0.588. The van der Waals surface area contributed by atoms with Crippen molar-refractivity contribution in [3.8, 4) is 0 Å². The molecule has 0 heterocycles. The van der Waals surface area contributed by atoms with E-state index in [4.69, 9.17) is 4.99 Å². The molecule has 106 valence electrons. The van der Waals surface area contributed by atoms with Crippen molar-refractivity contribution in [2.24, 2.45) is 4.99 Å². The van der Waals surface area contributed by atoms with Crippen molar-refractivity contribution < 1.29 is 5.11 Å². The number of rotatable bonds is 5. The van der Waals surface area contributed by atoms with E-state index >= 15 is 0 Å². The molecular formula is C17H27NO. The Bertz CT molecular complexity index is 429. The van der Waals surface area contributed by atoms with Crippen molar-refractivity contribution in [1.29, 1.82) is 0 Å². The topological polar surface area (TPSA) is 32.6 Å². The van der Waals surface area contributed by atoms with Crippen LogP contribution in [-0.2, 0) is 5.41 Å². The Morgan fingerprint density at radius 2 is 1.95 bits per heavy atom. The van der Waals surface area contributed by atoms with Gasteiger partial charge in [-0.25, -0.2) is 0 Å². The maximum atomic E-state index is 9.74. The predicted molar refractivity (Wildman–Crippen MR) is 83.4 cm³/mol. The van der Waals surface area contributed by atoms with Crippen LogP contribution in [0.5, 0.6) is 0 Å². The van der Waals surface area contributed by atoms with Gasteiger partial charge in [-0.1, -0.05) is 46.8 Å². The maximum absolute atomic E-state index is 9.74. The first-order valence-electron chi connectivity index (χ1n) is 7.21. The van der Waals surface area contributed by atoms with E-state index in [2.05, 4.69) is 45.9 Å². The van der Waals surface area contributed by atoms with Gasteiger partial charge in [0, 0.05) is 12.1 Å². The molecule has 0 aromatic heterocycles. The number of nitrogens with zero attached hydrogens (tertiary/aromatic N) is 1. The summed E-state index contributed by atoms with van der Waals surface area (Å²) in [6, 6.07) is 8.38. The number of aliphatic hydroxyl groups is 1. The van der Waals surface area contributed by atoms with Crippen molar-refractivity contribution in [2.45, 2.75) is 65.4 Å². The molecule has 0 saturated heterocycles. The summed E-state index contributed by atoms with van der Waals surface area (Å²) in [7, 11) is 0. The highest BCUT2D eigenvalue weighted by atomic mass is 16.3. The number of aliphatic hydroxyl groups excluding tert-OH is 1. The quantitative estimate of drug-likeness (QED) is 0.770. The van der Waals surface area contributed by atoms with Gasteiger partial charge in [0.15, 0.2) is 0 Å². The number of aliphatic imine (C=N–C) groups is 1. The zero-order chi connectivity index (χ0) is 14.5. The first kappa shape index (κ1) is 15.9. The lowest BCUT2D eigenvalue weighted by atomic mass is 9.87. The Morgan fingerprint density at radius 1 is 1.26 bits per heavy atom. The second-order valence-electron chi connectivity index (χ2n) is 6.10. The predicted octanol–water partition coefficient (Wildman–Crippen LogP) is 4.63. The van der Waals surface area contributed by atoms with E-state index in [1.54, 1.807) is 0 Å². The molecule has 2 nitrogen and oxygen atoms in total. The highest BCUT2D eigenvalue weighted by Crippen LogP contribution is 2.26. The summed E-state index contributed by atoms with van der Waals surface area (Å²) in [4.78, 5) is 4.70. The van der Waals surface area contributed by atoms with E-state index in [0.717, 1.165) is 24.2 Å². The summed E-state index contributed by atoms with van der Waals surface area (Å²) >= 11 is 0. The van der Waals surface area contributed by atoms with Crippen LogP contribution >= 0.6 is 0 Å². The summed E-state index contributed by atoms with van der Waals surface area (Å²) in [6.07, 6.45) is 2.06. The van der Waals surface area contributed by atoms with E-state index in [9.17, 15) is 5.11 Å². The van der Waals surface area contributed by atoms with Crippen molar-refractivity contribution in [2.75, 3.05) is 0 Å². The van der Waals surface area contributed by atoms with Crippen LogP contribution < -0.4 is 0 Å². The van der Waals surface area contributed by atoms with Crippen LogP contribution in [0.3, 0.4) is 0 Å². The summed E-state index contributed by atoms with van der Waals surface area (Å²) < 4.78 is 0. The molecule has 1 unspecified atom stereocenters. The Hall–Kier alpha value is -1.15. The lowest BCUT2D eigenvalue weighted by molar-refractivity contribution is 0.178. The summed E-state index contributed by atoms with van der Waals surface area (Å²) in [5.41, 5.74) is 3.49. The third kappa shape index (κ3) is 5.15. The fourth-order valence-corrected chi connectivity index (χ4v) is 1.91. The first-order chi connectivity index (χ1) is 8.86. The van der Waals surface area contributed by atoms with Crippen molar-refractivity contribution in [3.63, 3.8) is 0 Å². The average Bonchev–Trinajstić information content (AvgIpc) is 2.37. The normalized spacial score (nSPS) is 14.5. The molecule has 1 aromatic rings. The highest BCUT2D eigenvalue weighted by molar-refractivity contribution is 5.87. The van der Waals surface area contributed by atoms with Gasteiger partial charge in [-0.3, -0.25) is 4.99 Å². The molecule has 0 spiro atoms. The van der Waals surface area contributed by atoms with Crippen LogP contribution in [0.25, 0.3) is 0 Å². The monoisotopic (exact) mass is 261 g/mol. The minimum absolute atomic E-state index is 0.140. The lowest BCUT2D eigenvalue weighted by Crippen LogP contribution is -2.12. The average molecular weight is 261 g/mol. The summed E-state index contributed by atoms with van der Waals surface area (Å²) in [5.74, 6) is 0. The van der Waals surface area contributed by atoms with Crippen LogP contribution in [-0.4, -0.2) is 16.9 Å². The molecular weight excluding hydrogens is 234 g/mol. The van der Waals surface area contributed by atoms with Crippen molar-refractivity contribution in [3.05, 3.63) is 29.8 Å². The van der Waals surface area contributed by atoms with Gasteiger partial charge in [0.2, 0.25) is 0 Å². The molecule has 0 aliphatic heterocycles. The van der Waals surface area contributed by atoms with E-state index in [0.29, 0.717) is 6.42 Å². The molecule has 1 atom stereocenters. The van der Waals surface area contributed by atoms with Crippen LogP contribution in [0.15, 0.2) is 29.3 Å². The Balaban J connectivity index is 2.96. The standard InChI is InChI=1S/C17H27NO/c1-6-14(12-16(19)7-2)18-15-10-8-9-13(11-15)17(3,4)5/h8-11,16,19H,6-7,12H2,1-5H3. The van der Waals surface area contributed by atoms with Gasteiger partial charge in [-0.05, 0) is 36.0 Å². The van der Waals surface area contributed by atoms with Gasteiger partial charge in [-0.2, -0.15) is 0 Å². The number of hydrogen-bond donors (Lipinski definition) is 1. The van der Waals surface area contributed by atoms with Gasteiger partial charge in [-0.15, -0.1) is 0 Å². The van der Waals surface area contributed by atoms with Crippen molar-refractivity contribution >= 4 is 11.4 Å². The molecule has 1 rings (SSSR count). The van der Waals surface area contributed by atoms with Crippen LogP contribution in [0.2, 0.25) is 0 Å². The Labute approximate surface area is 117 Å². The second kappa shape index (κ2) is 6.85. The maximum Gasteiger partial charge on any atom is 0.0631 e. The summed E-state index contributed by atoms with van der Waals surface area (Å²) in [6.45, 7) is 10.7. The minimum atomic E-state index is -0.274. The van der Waals surface area contributed by atoms with Crippen molar-refractivity contribution in [1.82, 2.24) is 0 Å². The van der Waals surface area contributed by atoms with E-state index < -0.39 is 0 Å². The van der Waals surface area contributed by atoms with Crippen LogP contribution in [0.4, 0.5) is 5.69 Å². The van der Waals surface area contributed by atoms with E-state index in [1.165, 1.54) is 5.56 Å². The molecule has 0 fully saturated rings. The fourth-order valence-electron chi connectivity index (χ4n) is 1.91. The SMILES string of the molecule is CCC(CC(O)CC)=Nc1cccc(C(C)(C)C)c1. The minimum Gasteiger partial charge on any atom is -0.393 e. The highest BCUT2D eigenvalue weighted by Gasteiger charge is 2.13. The van der Waals surface area contributed by atoms with Gasteiger partial charge in [0.1, 0.15) is 0 Å². The molecule has 1 N–H and O–H groups in total. The van der Waals surface area contributed by atoms with E-state index in [1.807, 2.05) is 13.0 Å². The number of benzene rings is 1. The van der Waals surface area contributed by atoms with Gasteiger partial charge in [0.25, 0.3) is 0 Å². The van der Waals surface area contributed by atoms with Gasteiger partial charge >= 0.3 is 0 Å². The van der Waals surface area contributed by atoms with Gasteiger partial charge < -0.3 is 5.11 Å². The molecule has 0 amide bonds. The third-order valence-corrected chi connectivity index (χ3v) is 3.35. The molecule has 0 aliphatic rings. The summed E-state index contributed by atoms with van der Waals surface area (Å²) in [5, 5.41) is 9.74. The molecule has 0 saturated carbocycles. The van der Waals surface area contributed by atoms with Crippen LogP contribution in [0.1, 0.15) is 59.4 Å². The molecule has 2 heteroatoms. The molecule has 0 radical (unpaired) electrons. The second-order valence-corrected chi connectivity index (χ2v) is 6.10. The first-order valence-corrected chi connectivity index (χ1v) is 7.21. The van der Waals surface area contributed by atoms with Gasteiger partial charge in [0.05, 0.1) is 11.8 Å². The molecule has 1 aromatic carbocycles. The molecule has 0 aliphatic carbocycles. The van der Waals surface area contributed by atoms with Crippen LogP contribution in [0, 0.1) is 0 Å². The Morgan fingerprint density at radius 3 is 2.47 bits per heavy atom. The molecule has 19 heavy (non-hydrogen) atoms. The third-order valence-electron chi connectivity index (χ3n) is 3.35. The zero-order valence-electron chi connectivity index (χ0n) is 12.9. The molecule has 0 bridgehead atoms. The smallest absolute Gasteiger partial charge is 0.0631 e. The number of hydrogen-bond acceptors (Lipinski definition) is 2. The largest absolute Gasteiger partial charge is 0.393 e. The van der Waals surface area contributed by atoms with E-state index in [-0.39, 0.29) is 11.5 Å². The Kier molecular flexibility index (Phi) is 5.74.